The normalized spacial score (nSPS) is 48.1. The smallest absolute Gasteiger partial charge is 0.314 e. The Hall–Kier alpha value is -2.09. The quantitative estimate of drug-likeness (QED) is 0.194. The number of carboxylic acids is 1. The van der Waals surface area contributed by atoms with E-state index in [4.69, 9.17) is 18.9 Å². The van der Waals surface area contributed by atoms with E-state index in [1.807, 2.05) is 13.8 Å². The number of esters is 2. The highest BCUT2D eigenvalue weighted by Gasteiger charge is 2.81. The fraction of sp³-hybridized carbons (Fsp3) is 0.865. The Labute approximate surface area is 288 Å². The van der Waals surface area contributed by atoms with E-state index in [-0.39, 0.29) is 40.8 Å². The van der Waals surface area contributed by atoms with E-state index in [0.29, 0.717) is 25.7 Å². The molecular formula is C37H56O12. The van der Waals surface area contributed by atoms with Gasteiger partial charge in [0, 0.05) is 12.3 Å². The summed E-state index contributed by atoms with van der Waals surface area (Å²) in [6.45, 7) is 14.1. The van der Waals surface area contributed by atoms with E-state index in [9.17, 15) is 39.9 Å². The van der Waals surface area contributed by atoms with E-state index < -0.39 is 77.1 Å². The number of ether oxygens (including phenoxy) is 4. The van der Waals surface area contributed by atoms with Crippen LogP contribution < -0.4 is 0 Å². The zero-order chi connectivity index (χ0) is 36.3. The predicted octanol–water partition coefficient (Wildman–Crippen LogP) is 3.11. The summed E-state index contributed by atoms with van der Waals surface area (Å²) in [5.74, 6) is -2.95. The maximum absolute atomic E-state index is 14.0. The maximum atomic E-state index is 14.0. The highest BCUT2D eigenvalue weighted by molar-refractivity contribution is 5.84. The second kappa shape index (κ2) is 11.7. The van der Waals surface area contributed by atoms with E-state index in [1.165, 1.54) is 20.8 Å². The molecule has 12 heteroatoms. The van der Waals surface area contributed by atoms with Crippen LogP contribution in [0, 0.1) is 44.8 Å². The fourth-order valence-corrected chi connectivity index (χ4v) is 11.7. The summed E-state index contributed by atoms with van der Waals surface area (Å²) < 4.78 is 23.4. The maximum Gasteiger partial charge on any atom is 0.314 e. The summed E-state index contributed by atoms with van der Waals surface area (Å²) in [5, 5.41) is 52.7. The molecule has 4 aliphatic carbocycles. The molecule has 0 radical (unpaired) electrons. The molecule has 0 unspecified atom stereocenters. The van der Waals surface area contributed by atoms with Crippen LogP contribution in [0.25, 0.3) is 0 Å². The van der Waals surface area contributed by atoms with Crippen molar-refractivity contribution in [3.8, 4) is 0 Å². The van der Waals surface area contributed by atoms with Crippen LogP contribution in [0.3, 0.4) is 0 Å². The van der Waals surface area contributed by atoms with Crippen LogP contribution in [0.15, 0.2) is 11.6 Å². The van der Waals surface area contributed by atoms with Gasteiger partial charge in [-0.15, -0.1) is 0 Å². The van der Waals surface area contributed by atoms with Crippen molar-refractivity contribution in [2.75, 3.05) is 6.61 Å². The van der Waals surface area contributed by atoms with Crippen molar-refractivity contribution < 1.29 is 58.9 Å². The molecule has 0 bridgehead atoms. The lowest BCUT2D eigenvalue weighted by molar-refractivity contribution is -0.300. The average Bonchev–Trinajstić information content (AvgIpc) is 3.66. The molecule has 2 spiro atoms. The molecule has 3 saturated carbocycles. The van der Waals surface area contributed by atoms with Crippen LogP contribution in [0.2, 0.25) is 0 Å². The van der Waals surface area contributed by atoms with Gasteiger partial charge in [0.15, 0.2) is 12.4 Å². The molecule has 2 saturated heterocycles. The summed E-state index contributed by atoms with van der Waals surface area (Å²) in [4.78, 5) is 39.6. The molecule has 6 rings (SSSR count). The third-order valence-electron chi connectivity index (χ3n) is 14.4. The number of rotatable bonds is 7. The van der Waals surface area contributed by atoms with Gasteiger partial charge in [0.25, 0.3) is 0 Å². The zero-order valence-electron chi connectivity index (χ0n) is 30.1. The number of hydrogen-bond acceptors (Lipinski definition) is 11. The molecular weight excluding hydrogens is 636 g/mol. The predicted molar refractivity (Wildman–Crippen MR) is 173 cm³/mol. The van der Waals surface area contributed by atoms with Gasteiger partial charge in [0.1, 0.15) is 24.4 Å². The fourth-order valence-electron chi connectivity index (χ4n) is 11.7. The molecule has 14 atom stereocenters. The number of aliphatic hydroxyl groups excluding tert-OH is 3. The van der Waals surface area contributed by atoms with Gasteiger partial charge in [-0.3, -0.25) is 14.4 Å². The Bertz CT molecular complexity index is 1400. The summed E-state index contributed by atoms with van der Waals surface area (Å²) >= 11 is 0. The van der Waals surface area contributed by atoms with Crippen LogP contribution in [-0.4, -0.2) is 98.6 Å². The number of cyclic esters (lactones) is 1. The van der Waals surface area contributed by atoms with E-state index >= 15 is 0 Å². The zero-order valence-corrected chi connectivity index (χ0v) is 30.1. The standard InChI is InChI=1S/C37H56O12/c1-18-15-21(28(33(5,6)45)47-19(2)38)48-29(42)25(18)34(7)13-14-37-17-36(37)12-11-24(49-30-27(41)26(40)20(39)16-46-30)32(3,4)22(36)9-10-23(37)35(34,8)31(43)44/h10,18,20-22,24-28,30,39-41,45H,9,11-17H2,1-8H3,(H,43,44)/t18-,20-,21-,22+,24+,25+,26+,27-,28+,30+,34-,35-,36-,37+/m1/s1. The van der Waals surface area contributed by atoms with Gasteiger partial charge < -0.3 is 44.5 Å². The third kappa shape index (κ3) is 5.17. The van der Waals surface area contributed by atoms with Gasteiger partial charge in [0.05, 0.1) is 29.6 Å². The summed E-state index contributed by atoms with van der Waals surface area (Å²) in [7, 11) is 0. The topological polar surface area (TPSA) is 189 Å². The van der Waals surface area contributed by atoms with Gasteiger partial charge in [-0.2, -0.15) is 0 Å². The number of allylic oxidation sites excluding steroid dienone is 1. The summed E-state index contributed by atoms with van der Waals surface area (Å²) in [6, 6.07) is 0. The van der Waals surface area contributed by atoms with Crippen molar-refractivity contribution >= 4 is 17.9 Å². The Morgan fingerprint density at radius 1 is 1.06 bits per heavy atom. The van der Waals surface area contributed by atoms with Crippen LogP contribution >= 0.6 is 0 Å². The number of aliphatic hydroxyl groups is 4. The van der Waals surface area contributed by atoms with Gasteiger partial charge in [-0.05, 0) is 99.4 Å². The van der Waals surface area contributed by atoms with Crippen LogP contribution in [0.4, 0.5) is 0 Å². The van der Waals surface area contributed by atoms with Crippen molar-refractivity contribution in [2.24, 2.45) is 44.8 Å². The van der Waals surface area contributed by atoms with Gasteiger partial charge in [0.2, 0.25) is 0 Å². The van der Waals surface area contributed by atoms with Gasteiger partial charge in [-0.1, -0.05) is 33.8 Å². The lowest BCUT2D eigenvalue weighted by Crippen LogP contribution is -2.62. The Morgan fingerprint density at radius 3 is 2.33 bits per heavy atom. The molecule has 276 valence electrons. The molecule has 2 heterocycles. The minimum atomic E-state index is -1.46. The molecule has 0 aromatic heterocycles. The minimum Gasteiger partial charge on any atom is -0.481 e. The monoisotopic (exact) mass is 692 g/mol. The Balaban J connectivity index is 1.28. The molecule has 5 fully saturated rings. The molecule has 5 N–H and O–H groups in total. The lowest BCUT2D eigenvalue weighted by atomic mass is 9.42. The van der Waals surface area contributed by atoms with Crippen molar-refractivity contribution in [1.29, 1.82) is 0 Å². The first kappa shape index (κ1) is 36.7. The van der Waals surface area contributed by atoms with Crippen molar-refractivity contribution in [2.45, 2.75) is 149 Å². The highest BCUT2D eigenvalue weighted by Crippen LogP contribution is 2.86. The summed E-state index contributed by atoms with van der Waals surface area (Å²) in [5.41, 5.74) is -3.71. The molecule has 2 aliphatic heterocycles. The van der Waals surface area contributed by atoms with Crippen molar-refractivity contribution in [3.05, 3.63) is 11.6 Å². The Morgan fingerprint density at radius 2 is 1.73 bits per heavy atom. The molecule has 0 aromatic rings. The first-order valence-corrected chi connectivity index (χ1v) is 17.9. The van der Waals surface area contributed by atoms with E-state index in [0.717, 1.165) is 24.8 Å². The molecule has 49 heavy (non-hydrogen) atoms. The number of hydrogen-bond donors (Lipinski definition) is 5. The van der Waals surface area contributed by atoms with Gasteiger partial charge in [-0.25, -0.2) is 0 Å². The van der Waals surface area contributed by atoms with Crippen molar-refractivity contribution in [1.82, 2.24) is 0 Å². The summed E-state index contributed by atoms with van der Waals surface area (Å²) in [6.07, 6.45) is -0.534. The van der Waals surface area contributed by atoms with Gasteiger partial charge >= 0.3 is 17.9 Å². The lowest BCUT2D eigenvalue weighted by Gasteiger charge is -2.61. The van der Waals surface area contributed by atoms with Crippen LogP contribution in [0.5, 0.6) is 0 Å². The first-order chi connectivity index (χ1) is 22.6. The molecule has 0 aromatic carbocycles. The Kier molecular flexibility index (Phi) is 8.77. The average molecular weight is 693 g/mol. The van der Waals surface area contributed by atoms with E-state index in [2.05, 4.69) is 19.9 Å². The number of aliphatic carboxylic acids is 1. The largest absolute Gasteiger partial charge is 0.481 e. The number of carboxylic acid groups (broad SMARTS) is 1. The minimum absolute atomic E-state index is 0.131. The highest BCUT2D eigenvalue weighted by atomic mass is 16.7. The third-order valence-corrected chi connectivity index (χ3v) is 14.4. The van der Waals surface area contributed by atoms with Crippen LogP contribution in [0.1, 0.15) is 100 Å². The first-order valence-electron chi connectivity index (χ1n) is 17.9. The van der Waals surface area contributed by atoms with Crippen LogP contribution in [-0.2, 0) is 33.3 Å². The number of carbonyl (C=O) groups is 3. The molecule has 12 nitrogen and oxygen atoms in total. The van der Waals surface area contributed by atoms with Crippen molar-refractivity contribution in [3.63, 3.8) is 0 Å². The molecule has 0 amide bonds. The number of carbonyl (C=O) groups excluding carboxylic acids is 2. The molecule has 6 aliphatic rings. The van der Waals surface area contributed by atoms with E-state index in [1.54, 1.807) is 6.92 Å². The second-order valence-electron chi connectivity index (χ2n) is 17.8. The SMILES string of the molecule is CC(=O)O[C@@H]([C@H]1C[C@@H](C)[C@H]([C@@]2(C)CC[C@@]34C[C@@]35CC[C@H](O[C@@H]3OC[C@@H](O)[C@H](O)[C@H]3O)C(C)(C)[C@@H]5CC=C4[C@]2(C)C(=O)O)C(=O)O1)C(C)(C)O. The second-order valence-corrected chi connectivity index (χ2v) is 17.8.